The van der Waals surface area contributed by atoms with Crippen molar-refractivity contribution in [3.8, 4) is 5.75 Å². The molecule has 140 valence electrons. The SMILES string of the molecule is COc1ccc(S(=O)(=O)NCCN(C)C)cc1C(=O)N1CCOCC1. The predicted octanol–water partition coefficient (Wildman–Crippen LogP) is 0.00750. The van der Waals surface area contributed by atoms with E-state index in [1.165, 1.54) is 25.3 Å². The fourth-order valence-electron chi connectivity index (χ4n) is 2.45. The smallest absolute Gasteiger partial charge is 0.257 e. The third-order valence-corrected chi connectivity index (χ3v) is 5.32. The number of nitrogens with zero attached hydrogens (tertiary/aromatic N) is 2. The maximum absolute atomic E-state index is 12.7. The van der Waals surface area contributed by atoms with Crippen molar-refractivity contribution in [1.29, 1.82) is 0 Å². The van der Waals surface area contributed by atoms with E-state index in [2.05, 4.69) is 4.72 Å². The van der Waals surface area contributed by atoms with Crippen molar-refractivity contribution < 1.29 is 22.7 Å². The Morgan fingerprint density at radius 2 is 2.00 bits per heavy atom. The normalized spacial score (nSPS) is 15.4. The lowest BCUT2D eigenvalue weighted by molar-refractivity contribution is 0.0300. The number of hydrogen-bond acceptors (Lipinski definition) is 6. The first-order chi connectivity index (χ1) is 11.8. The summed E-state index contributed by atoms with van der Waals surface area (Å²) in [6.07, 6.45) is 0. The van der Waals surface area contributed by atoms with E-state index in [0.29, 0.717) is 38.6 Å². The summed E-state index contributed by atoms with van der Waals surface area (Å²) < 4.78 is 37.9. The van der Waals surface area contributed by atoms with Crippen LogP contribution in [0.1, 0.15) is 10.4 Å². The number of carbonyl (C=O) groups excluding carboxylic acids is 1. The molecule has 0 aromatic heterocycles. The summed E-state index contributed by atoms with van der Waals surface area (Å²) in [5.74, 6) is 0.0919. The van der Waals surface area contributed by atoms with Crippen LogP contribution in [-0.4, -0.2) is 84.7 Å². The fraction of sp³-hybridized carbons (Fsp3) is 0.562. The van der Waals surface area contributed by atoms with Crippen molar-refractivity contribution in [2.75, 3.05) is 60.6 Å². The van der Waals surface area contributed by atoms with Gasteiger partial charge in [0.15, 0.2) is 0 Å². The van der Waals surface area contributed by atoms with Crippen molar-refractivity contribution >= 4 is 15.9 Å². The van der Waals surface area contributed by atoms with Crippen molar-refractivity contribution in [1.82, 2.24) is 14.5 Å². The quantitative estimate of drug-likeness (QED) is 0.726. The number of likely N-dealkylation sites (N-methyl/N-ethyl adjacent to an activating group) is 1. The Bertz CT molecular complexity index is 700. The first kappa shape index (κ1) is 19.6. The first-order valence-electron chi connectivity index (χ1n) is 8.04. The molecule has 1 heterocycles. The molecule has 0 unspecified atom stereocenters. The van der Waals surface area contributed by atoms with Crippen molar-refractivity contribution in [2.45, 2.75) is 4.90 Å². The molecule has 1 aromatic rings. The van der Waals surface area contributed by atoms with Crippen LogP contribution in [0.4, 0.5) is 0 Å². The molecule has 1 fully saturated rings. The molecule has 0 atom stereocenters. The number of rotatable bonds is 7. The lowest BCUT2D eigenvalue weighted by atomic mass is 10.1. The van der Waals surface area contributed by atoms with E-state index in [9.17, 15) is 13.2 Å². The average molecular weight is 371 g/mol. The van der Waals surface area contributed by atoms with Gasteiger partial charge < -0.3 is 19.3 Å². The van der Waals surface area contributed by atoms with Crippen molar-refractivity contribution in [3.05, 3.63) is 23.8 Å². The molecule has 0 saturated carbocycles. The summed E-state index contributed by atoms with van der Waals surface area (Å²) in [7, 11) is 1.48. The van der Waals surface area contributed by atoms with E-state index in [1.807, 2.05) is 19.0 Å². The number of benzene rings is 1. The Labute approximate surface area is 148 Å². The van der Waals surface area contributed by atoms with Crippen molar-refractivity contribution in [2.24, 2.45) is 0 Å². The molecule has 0 radical (unpaired) electrons. The lowest BCUT2D eigenvalue weighted by Crippen LogP contribution is -2.41. The maximum Gasteiger partial charge on any atom is 0.257 e. The summed E-state index contributed by atoms with van der Waals surface area (Å²) in [4.78, 5) is 16.3. The Hall–Kier alpha value is -1.68. The number of amides is 1. The van der Waals surface area contributed by atoms with Crippen LogP contribution in [-0.2, 0) is 14.8 Å². The summed E-state index contributed by atoms with van der Waals surface area (Å²) >= 11 is 0. The molecule has 1 aliphatic heterocycles. The van der Waals surface area contributed by atoms with E-state index >= 15 is 0 Å². The molecule has 1 saturated heterocycles. The van der Waals surface area contributed by atoms with Gasteiger partial charge in [0.2, 0.25) is 10.0 Å². The van der Waals surface area contributed by atoms with Crippen LogP contribution < -0.4 is 9.46 Å². The Balaban J connectivity index is 2.25. The van der Waals surface area contributed by atoms with E-state index in [1.54, 1.807) is 4.90 Å². The topological polar surface area (TPSA) is 88.2 Å². The van der Waals surface area contributed by atoms with E-state index in [-0.39, 0.29) is 22.9 Å². The second kappa shape index (κ2) is 8.61. The molecule has 1 amide bonds. The first-order valence-corrected chi connectivity index (χ1v) is 9.53. The van der Waals surface area contributed by atoms with Gasteiger partial charge in [0.1, 0.15) is 5.75 Å². The highest BCUT2D eigenvalue weighted by Crippen LogP contribution is 2.24. The van der Waals surface area contributed by atoms with Crippen LogP contribution in [0.25, 0.3) is 0 Å². The number of sulfonamides is 1. The average Bonchev–Trinajstić information content (AvgIpc) is 2.60. The minimum atomic E-state index is -3.70. The number of morpholine rings is 1. The number of hydrogen-bond donors (Lipinski definition) is 1. The van der Waals surface area contributed by atoms with E-state index < -0.39 is 10.0 Å². The van der Waals surface area contributed by atoms with Gasteiger partial charge in [0.05, 0.1) is 30.8 Å². The molecule has 2 rings (SSSR count). The minimum absolute atomic E-state index is 0.0451. The second-order valence-electron chi connectivity index (χ2n) is 5.97. The second-order valence-corrected chi connectivity index (χ2v) is 7.73. The molecule has 9 heteroatoms. The maximum atomic E-state index is 12.7. The van der Waals surface area contributed by atoms with Crippen LogP contribution >= 0.6 is 0 Å². The highest BCUT2D eigenvalue weighted by Gasteiger charge is 2.24. The van der Waals surface area contributed by atoms with Gasteiger partial charge in [-0.3, -0.25) is 4.79 Å². The van der Waals surface area contributed by atoms with Gasteiger partial charge in [-0.2, -0.15) is 0 Å². The van der Waals surface area contributed by atoms with Gasteiger partial charge in [-0.1, -0.05) is 0 Å². The van der Waals surface area contributed by atoms with Crippen LogP contribution in [0.3, 0.4) is 0 Å². The van der Waals surface area contributed by atoms with Crippen molar-refractivity contribution in [3.63, 3.8) is 0 Å². The number of methoxy groups -OCH3 is 1. The summed E-state index contributed by atoms with van der Waals surface area (Å²) in [6.45, 7) is 2.75. The molecule has 25 heavy (non-hydrogen) atoms. The zero-order valence-corrected chi connectivity index (χ0v) is 15.6. The van der Waals surface area contributed by atoms with Gasteiger partial charge >= 0.3 is 0 Å². The van der Waals surface area contributed by atoms with E-state index in [0.717, 1.165) is 0 Å². The van der Waals surface area contributed by atoms with Crippen LogP contribution in [0, 0.1) is 0 Å². The highest BCUT2D eigenvalue weighted by molar-refractivity contribution is 7.89. The third-order valence-electron chi connectivity index (χ3n) is 3.86. The molecule has 8 nitrogen and oxygen atoms in total. The summed E-state index contributed by atoms with van der Waals surface area (Å²) in [6, 6.07) is 4.32. The van der Waals surface area contributed by atoms with Crippen LogP contribution in [0.5, 0.6) is 5.75 Å². The van der Waals surface area contributed by atoms with E-state index in [4.69, 9.17) is 9.47 Å². The zero-order chi connectivity index (χ0) is 18.4. The number of carbonyl (C=O) groups is 1. The molecule has 0 bridgehead atoms. The Morgan fingerprint density at radius 3 is 2.60 bits per heavy atom. The van der Waals surface area contributed by atoms with Gasteiger partial charge in [-0.25, -0.2) is 13.1 Å². The minimum Gasteiger partial charge on any atom is -0.496 e. The van der Waals surface area contributed by atoms with Gasteiger partial charge in [-0.15, -0.1) is 0 Å². The van der Waals surface area contributed by atoms with Crippen LogP contribution in [0.15, 0.2) is 23.1 Å². The molecule has 1 aliphatic rings. The number of ether oxygens (including phenoxy) is 2. The Kier molecular flexibility index (Phi) is 6.77. The molecule has 1 aromatic carbocycles. The van der Waals surface area contributed by atoms with Crippen LogP contribution in [0.2, 0.25) is 0 Å². The number of nitrogens with one attached hydrogen (secondary N) is 1. The molecular weight excluding hydrogens is 346 g/mol. The molecule has 0 spiro atoms. The van der Waals surface area contributed by atoms with Gasteiger partial charge in [0, 0.05) is 26.2 Å². The fourth-order valence-corrected chi connectivity index (χ4v) is 3.49. The highest BCUT2D eigenvalue weighted by atomic mass is 32.2. The Morgan fingerprint density at radius 1 is 1.32 bits per heavy atom. The molecule has 1 N–H and O–H groups in total. The summed E-state index contributed by atoms with van der Waals surface area (Å²) in [5, 5.41) is 0. The molecule has 0 aliphatic carbocycles. The van der Waals surface area contributed by atoms with Gasteiger partial charge in [-0.05, 0) is 32.3 Å². The monoisotopic (exact) mass is 371 g/mol. The third kappa shape index (κ3) is 5.15. The standard InChI is InChI=1S/C16H25N3O5S/c1-18(2)7-6-17-25(21,22)13-4-5-15(23-3)14(12-13)16(20)19-8-10-24-11-9-19/h4-5,12,17H,6-11H2,1-3H3. The predicted molar refractivity (Wildman–Crippen MR) is 93.5 cm³/mol. The largest absolute Gasteiger partial charge is 0.496 e. The molecular formula is C16H25N3O5S. The zero-order valence-electron chi connectivity index (χ0n) is 14.8. The summed E-state index contributed by atoms with van der Waals surface area (Å²) in [5.41, 5.74) is 0.236. The lowest BCUT2D eigenvalue weighted by Gasteiger charge is -2.27. The van der Waals surface area contributed by atoms with Gasteiger partial charge in [0.25, 0.3) is 5.91 Å².